The van der Waals surface area contributed by atoms with E-state index in [4.69, 9.17) is 5.73 Å². The Morgan fingerprint density at radius 2 is 1.93 bits per heavy atom. The van der Waals surface area contributed by atoms with Gasteiger partial charge in [0.05, 0.1) is 17.6 Å². The second-order valence-corrected chi connectivity index (χ2v) is 6.25. The van der Waals surface area contributed by atoms with Crippen molar-refractivity contribution in [3.63, 3.8) is 0 Å². The number of nitrogens with zero attached hydrogens (tertiary/aromatic N) is 4. The third-order valence-corrected chi connectivity index (χ3v) is 4.34. The number of carbonyl (C=O) groups is 1. The van der Waals surface area contributed by atoms with E-state index in [0.717, 1.165) is 11.3 Å². The first-order valence-electron chi connectivity index (χ1n) is 8.44. The minimum Gasteiger partial charge on any atom is -0.364 e. The van der Waals surface area contributed by atoms with Crippen molar-refractivity contribution >= 4 is 11.6 Å². The smallest absolute Gasteiger partial charge is 0.280 e. The van der Waals surface area contributed by atoms with Crippen LogP contribution in [0.1, 0.15) is 28.3 Å². The highest BCUT2D eigenvalue weighted by Crippen LogP contribution is 2.31. The molecule has 0 saturated heterocycles. The lowest BCUT2D eigenvalue weighted by Gasteiger charge is -2.11. The van der Waals surface area contributed by atoms with Gasteiger partial charge in [-0.3, -0.25) is 14.2 Å². The normalized spacial score (nSPS) is 11.3. The second-order valence-electron chi connectivity index (χ2n) is 6.25. The summed E-state index contributed by atoms with van der Waals surface area (Å²) in [7, 11) is 0. The number of nitrogens with two attached hydrogens (primary N) is 1. The maximum Gasteiger partial charge on any atom is 0.280 e. The van der Waals surface area contributed by atoms with Gasteiger partial charge in [-0.05, 0) is 37.3 Å². The van der Waals surface area contributed by atoms with Gasteiger partial charge in [-0.25, -0.2) is 18.7 Å². The van der Waals surface area contributed by atoms with Crippen LogP contribution in [-0.2, 0) is 0 Å². The third-order valence-electron chi connectivity index (χ3n) is 4.34. The molecule has 4 aromatic heterocycles. The summed E-state index contributed by atoms with van der Waals surface area (Å²) in [5.74, 6) is -0.599. The number of aromatic nitrogens is 4. The van der Waals surface area contributed by atoms with Crippen LogP contribution in [0.3, 0.4) is 0 Å². The van der Waals surface area contributed by atoms with Crippen molar-refractivity contribution in [1.29, 1.82) is 0 Å². The minimum absolute atomic E-state index is 0.247. The summed E-state index contributed by atoms with van der Waals surface area (Å²) in [4.78, 5) is 24.4. The number of imidazole rings is 1. The molecule has 4 aromatic rings. The molecule has 1 amide bonds. The average Bonchev–Trinajstić information content (AvgIpc) is 3.11. The molecular formula is C20H15F2N5O. The van der Waals surface area contributed by atoms with Crippen molar-refractivity contribution in [3.8, 4) is 22.5 Å². The number of alkyl halides is 2. The standard InChI is InChI=1S/C20H15F2N5O/c1-11-5-7-13(18(25-11)14-3-2-4-15(26-14)19(21)22)12-6-8-17-24-9-16(20(23)28)27(17)10-12/h2-10,19H,1H3,(H2,23,28). The highest BCUT2D eigenvalue weighted by atomic mass is 19.3. The van der Waals surface area contributed by atoms with E-state index in [9.17, 15) is 13.6 Å². The van der Waals surface area contributed by atoms with E-state index in [-0.39, 0.29) is 11.4 Å². The van der Waals surface area contributed by atoms with Crippen molar-refractivity contribution in [1.82, 2.24) is 19.4 Å². The molecular weight excluding hydrogens is 364 g/mol. The molecule has 0 bridgehead atoms. The fourth-order valence-corrected chi connectivity index (χ4v) is 3.01. The zero-order chi connectivity index (χ0) is 19.8. The molecule has 0 unspecified atom stereocenters. The van der Waals surface area contributed by atoms with E-state index < -0.39 is 12.3 Å². The zero-order valence-electron chi connectivity index (χ0n) is 14.8. The Balaban J connectivity index is 1.92. The molecule has 0 aromatic carbocycles. The quantitative estimate of drug-likeness (QED) is 0.584. The number of fused-ring (bicyclic) bond motifs is 1. The van der Waals surface area contributed by atoms with Gasteiger partial charge in [0, 0.05) is 23.0 Å². The fraction of sp³-hybridized carbons (Fsp3) is 0.100. The lowest BCUT2D eigenvalue weighted by Crippen LogP contribution is -2.13. The monoisotopic (exact) mass is 379 g/mol. The first-order chi connectivity index (χ1) is 13.4. The van der Waals surface area contributed by atoms with Gasteiger partial charge in [0.1, 0.15) is 17.0 Å². The summed E-state index contributed by atoms with van der Waals surface area (Å²) in [6.45, 7) is 1.81. The van der Waals surface area contributed by atoms with E-state index in [2.05, 4.69) is 15.0 Å². The number of carbonyl (C=O) groups excluding carboxylic acids is 1. The molecule has 0 spiro atoms. The number of primary amides is 1. The summed E-state index contributed by atoms with van der Waals surface area (Å²) in [5, 5.41) is 0. The largest absolute Gasteiger partial charge is 0.364 e. The zero-order valence-corrected chi connectivity index (χ0v) is 14.8. The fourth-order valence-electron chi connectivity index (χ4n) is 3.01. The van der Waals surface area contributed by atoms with E-state index >= 15 is 0 Å². The molecule has 0 fully saturated rings. The Morgan fingerprint density at radius 3 is 2.68 bits per heavy atom. The Bertz CT molecular complexity index is 1200. The molecule has 4 heterocycles. The lowest BCUT2D eigenvalue weighted by atomic mass is 10.0. The molecule has 28 heavy (non-hydrogen) atoms. The predicted octanol–water partition coefficient (Wildman–Crippen LogP) is 3.80. The van der Waals surface area contributed by atoms with Crippen LogP contribution < -0.4 is 5.73 Å². The summed E-state index contributed by atoms with van der Waals surface area (Å²) >= 11 is 0. The van der Waals surface area contributed by atoms with E-state index in [1.165, 1.54) is 18.3 Å². The van der Waals surface area contributed by atoms with Crippen molar-refractivity contribution in [2.45, 2.75) is 13.3 Å². The van der Waals surface area contributed by atoms with E-state index in [1.807, 2.05) is 25.1 Å². The van der Waals surface area contributed by atoms with Crippen LogP contribution in [0.5, 0.6) is 0 Å². The first kappa shape index (κ1) is 17.7. The van der Waals surface area contributed by atoms with Crippen molar-refractivity contribution in [2.75, 3.05) is 0 Å². The SMILES string of the molecule is Cc1ccc(-c2ccc3ncc(C(N)=O)n3c2)c(-c2cccc(C(F)F)n2)n1. The van der Waals surface area contributed by atoms with E-state index in [0.29, 0.717) is 22.6 Å². The number of amides is 1. The predicted molar refractivity (Wildman–Crippen MR) is 99.9 cm³/mol. The first-order valence-corrected chi connectivity index (χ1v) is 8.44. The van der Waals surface area contributed by atoms with Gasteiger partial charge in [-0.15, -0.1) is 0 Å². The molecule has 0 aliphatic heterocycles. The number of rotatable bonds is 4. The maximum absolute atomic E-state index is 13.1. The van der Waals surface area contributed by atoms with E-state index in [1.54, 1.807) is 22.7 Å². The molecule has 0 radical (unpaired) electrons. The van der Waals surface area contributed by atoms with Crippen molar-refractivity contribution in [3.05, 3.63) is 71.9 Å². The Morgan fingerprint density at radius 1 is 1.11 bits per heavy atom. The summed E-state index contributed by atoms with van der Waals surface area (Å²) in [6, 6.07) is 11.7. The van der Waals surface area contributed by atoms with Gasteiger partial charge < -0.3 is 5.73 Å². The molecule has 4 rings (SSSR count). The van der Waals surface area contributed by atoms with Crippen molar-refractivity contribution in [2.24, 2.45) is 5.73 Å². The van der Waals surface area contributed by atoms with Gasteiger partial charge in [-0.1, -0.05) is 12.1 Å². The minimum atomic E-state index is -2.67. The van der Waals surface area contributed by atoms with Gasteiger partial charge in [0.15, 0.2) is 0 Å². The van der Waals surface area contributed by atoms with Crippen LogP contribution in [0, 0.1) is 6.92 Å². The molecule has 0 saturated carbocycles. The number of halogens is 2. The molecule has 0 aliphatic rings. The Kier molecular flexibility index (Phi) is 4.31. The highest BCUT2D eigenvalue weighted by Gasteiger charge is 2.16. The maximum atomic E-state index is 13.1. The van der Waals surface area contributed by atoms with Crippen LogP contribution in [0.25, 0.3) is 28.2 Å². The second kappa shape index (κ2) is 6.80. The summed E-state index contributed by atoms with van der Waals surface area (Å²) in [5.41, 5.74) is 8.86. The Labute approximate surface area is 158 Å². The topological polar surface area (TPSA) is 86.2 Å². The molecule has 8 heteroatoms. The summed E-state index contributed by atoms with van der Waals surface area (Å²) < 4.78 is 27.8. The number of hydrogen-bond donors (Lipinski definition) is 1. The van der Waals surface area contributed by atoms with Crippen LogP contribution >= 0.6 is 0 Å². The van der Waals surface area contributed by atoms with Gasteiger partial charge in [0.25, 0.3) is 12.3 Å². The lowest BCUT2D eigenvalue weighted by molar-refractivity contribution is 0.0994. The Hall–Kier alpha value is -3.68. The number of aryl methyl sites for hydroxylation is 1. The third kappa shape index (κ3) is 3.09. The molecule has 140 valence electrons. The average molecular weight is 379 g/mol. The molecule has 0 aliphatic carbocycles. The highest BCUT2D eigenvalue weighted by molar-refractivity contribution is 5.92. The van der Waals surface area contributed by atoms with Crippen LogP contribution in [0.15, 0.2) is 54.9 Å². The molecule has 0 atom stereocenters. The van der Waals surface area contributed by atoms with Gasteiger partial charge >= 0.3 is 0 Å². The van der Waals surface area contributed by atoms with Crippen molar-refractivity contribution < 1.29 is 13.6 Å². The van der Waals surface area contributed by atoms with Gasteiger partial charge in [-0.2, -0.15) is 0 Å². The van der Waals surface area contributed by atoms with Crippen LogP contribution in [-0.4, -0.2) is 25.3 Å². The van der Waals surface area contributed by atoms with Gasteiger partial charge in [0.2, 0.25) is 0 Å². The molecule has 6 nitrogen and oxygen atoms in total. The summed E-state index contributed by atoms with van der Waals surface area (Å²) in [6.07, 6.45) is 0.451. The molecule has 2 N–H and O–H groups in total. The van der Waals surface area contributed by atoms with Crippen LogP contribution in [0.4, 0.5) is 8.78 Å². The number of hydrogen-bond acceptors (Lipinski definition) is 4. The number of pyridine rings is 3. The van der Waals surface area contributed by atoms with Crippen LogP contribution in [0.2, 0.25) is 0 Å².